The van der Waals surface area contributed by atoms with E-state index in [9.17, 15) is 5.11 Å². The third-order valence-corrected chi connectivity index (χ3v) is 2.94. The molecule has 0 radical (unpaired) electrons. The van der Waals surface area contributed by atoms with Gasteiger partial charge >= 0.3 is 0 Å². The van der Waals surface area contributed by atoms with Gasteiger partial charge in [-0.15, -0.1) is 6.58 Å². The Labute approximate surface area is 117 Å². The van der Waals surface area contributed by atoms with Crippen LogP contribution < -0.4 is 0 Å². The molecule has 0 rings (SSSR count). The molecule has 0 fully saturated rings. The monoisotopic (exact) mass is 271 g/mol. The molecule has 0 saturated heterocycles. The van der Waals surface area contributed by atoms with Crippen LogP contribution in [0.4, 0.5) is 0 Å². The third kappa shape index (κ3) is 8.16. The molecule has 0 heterocycles. The molecular weight excluding hydrogens is 242 g/mol. The number of aliphatic hydroxyl groups is 1. The van der Waals surface area contributed by atoms with Crippen LogP contribution in [0, 0.1) is 5.92 Å². The zero-order valence-corrected chi connectivity index (χ0v) is 12.9. The average Bonchev–Trinajstić information content (AvgIpc) is 2.35. The highest BCUT2D eigenvalue weighted by Gasteiger charge is 2.20. The molecule has 4 nitrogen and oxygen atoms in total. The number of hydrogen-bond acceptors (Lipinski definition) is 4. The second kappa shape index (κ2) is 10.1. The van der Waals surface area contributed by atoms with E-state index in [1.54, 1.807) is 13.2 Å². The van der Waals surface area contributed by atoms with Gasteiger partial charge in [0.2, 0.25) is 0 Å². The smallest absolute Gasteiger partial charge is 0.101 e. The Morgan fingerprint density at radius 2 is 2.05 bits per heavy atom. The Morgan fingerprint density at radius 3 is 2.53 bits per heavy atom. The summed E-state index contributed by atoms with van der Waals surface area (Å²) < 4.78 is 10.7. The maximum Gasteiger partial charge on any atom is 0.101 e. The highest BCUT2D eigenvalue weighted by molar-refractivity contribution is 5.04. The second-order valence-electron chi connectivity index (χ2n) is 5.15. The molecule has 112 valence electrons. The molecule has 19 heavy (non-hydrogen) atoms. The van der Waals surface area contributed by atoms with E-state index in [4.69, 9.17) is 9.47 Å². The van der Waals surface area contributed by atoms with E-state index < -0.39 is 6.10 Å². The van der Waals surface area contributed by atoms with Crippen molar-refractivity contribution in [2.45, 2.75) is 26.1 Å². The summed E-state index contributed by atoms with van der Waals surface area (Å²) in [5, 5.41) is 10.1. The van der Waals surface area contributed by atoms with Gasteiger partial charge in [0.25, 0.3) is 0 Å². The predicted octanol–water partition coefficient (Wildman–Crippen LogP) is 1.71. The molecule has 0 spiro atoms. The van der Waals surface area contributed by atoms with Gasteiger partial charge < -0.3 is 19.5 Å². The first kappa shape index (κ1) is 18.3. The zero-order valence-electron chi connectivity index (χ0n) is 12.9. The largest absolute Gasteiger partial charge is 0.389 e. The second-order valence-corrected chi connectivity index (χ2v) is 5.15. The summed E-state index contributed by atoms with van der Waals surface area (Å²) in [6.45, 7) is 9.84. The van der Waals surface area contributed by atoms with Gasteiger partial charge in [0.05, 0.1) is 19.3 Å². The van der Waals surface area contributed by atoms with E-state index in [0.717, 1.165) is 12.1 Å². The molecule has 3 atom stereocenters. The summed E-state index contributed by atoms with van der Waals surface area (Å²) in [6.07, 6.45) is 2.72. The van der Waals surface area contributed by atoms with Crippen molar-refractivity contribution in [2.24, 2.45) is 5.92 Å². The SMILES string of the molecule is C=C[C@H](OC)[C@@H](O)[C@H](C)/C=C(/C)COCCN(C)C. The molecule has 1 N–H and O–H groups in total. The highest BCUT2D eigenvalue weighted by atomic mass is 16.5. The minimum atomic E-state index is -0.584. The lowest BCUT2D eigenvalue weighted by Crippen LogP contribution is -2.31. The van der Waals surface area contributed by atoms with E-state index in [2.05, 4.69) is 11.5 Å². The number of aliphatic hydroxyl groups excluding tert-OH is 1. The number of nitrogens with zero attached hydrogens (tertiary/aromatic N) is 1. The van der Waals surface area contributed by atoms with Gasteiger partial charge in [-0.2, -0.15) is 0 Å². The molecule has 0 amide bonds. The van der Waals surface area contributed by atoms with Crippen LogP contribution in [0.3, 0.4) is 0 Å². The molecule has 0 aliphatic carbocycles. The van der Waals surface area contributed by atoms with E-state index >= 15 is 0 Å². The van der Waals surface area contributed by atoms with Crippen LogP contribution in [0.1, 0.15) is 13.8 Å². The lowest BCUT2D eigenvalue weighted by molar-refractivity contribution is -0.00170. The van der Waals surface area contributed by atoms with Crippen LogP contribution in [-0.4, -0.2) is 63.2 Å². The van der Waals surface area contributed by atoms with Crippen molar-refractivity contribution >= 4 is 0 Å². The topological polar surface area (TPSA) is 41.9 Å². The summed E-state index contributed by atoms with van der Waals surface area (Å²) in [7, 11) is 5.61. The van der Waals surface area contributed by atoms with Crippen LogP contribution in [0.15, 0.2) is 24.3 Å². The Kier molecular flexibility index (Phi) is 9.79. The van der Waals surface area contributed by atoms with Crippen LogP contribution in [0.2, 0.25) is 0 Å². The van der Waals surface area contributed by atoms with E-state index in [-0.39, 0.29) is 12.0 Å². The summed E-state index contributed by atoms with van der Waals surface area (Å²) in [6, 6.07) is 0. The fourth-order valence-corrected chi connectivity index (χ4v) is 1.75. The molecule has 0 aromatic carbocycles. The van der Waals surface area contributed by atoms with Crippen LogP contribution in [0.5, 0.6) is 0 Å². The molecule has 0 aliphatic rings. The molecule has 0 bridgehead atoms. The predicted molar refractivity (Wildman–Crippen MR) is 79.3 cm³/mol. The maximum absolute atomic E-state index is 10.1. The van der Waals surface area contributed by atoms with E-state index in [1.165, 1.54) is 0 Å². The maximum atomic E-state index is 10.1. The van der Waals surface area contributed by atoms with Crippen LogP contribution in [-0.2, 0) is 9.47 Å². The molecule has 0 aromatic heterocycles. The lowest BCUT2D eigenvalue weighted by Gasteiger charge is -2.22. The summed E-state index contributed by atoms with van der Waals surface area (Å²) >= 11 is 0. The number of rotatable bonds is 10. The average molecular weight is 271 g/mol. The van der Waals surface area contributed by atoms with Gasteiger partial charge in [-0.3, -0.25) is 0 Å². The number of ether oxygens (including phenoxy) is 2. The first-order valence-corrected chi connectivity index (χ1v) is 6.65. The van der Waals surface area contributed by atoms with Crippen molar-refractivity contribution in [1.82, 2.24) is 4.90 Å². The molecule has 0 aliphatic heterocycles. The van der Waals surface area contributed by atoms with Crippen LogP contribution in [0.25, 0.3) is 0 Å². The molecule has 4 heteroatoms. The van der Waals surface area contributed by atoms with Crippen molar-refractivity contribution in [1.29, 1.82) is 0 Å². The van der Waals surface area contributed by atoms with Crippen molar-refractivity contribution in [3.05, 3.63) is 24.3 Å². The minimum absolute atomic E-state index is 0.000369. The Morgan fingerprint density at radius 1 is 1.42 bits per heavy atom. The minimum Gasteiger partial charge on any atom is -0.389 e. The fraction of sp³-hybridized carbons (Fsp3) is 0.733. The number of likely N-dealkylation sites (N-methyl/N-ethyl adjacent to an activating group) is 1. The van der Waals surface area contributed by atoms with Crippen molar-refractivity contribution in [2.75, 3.05) is 41.0 Å². The quantitative estimate of drug-likeness (QED) is 0.485. The lowest BCUT2D eigenvalue weighted by atomic mass is 9.97. The van der Waals surface area contributed by atoms with E-state index in [1.807, 2.05) is 34.0 Å². The molecule has 0 saturated carbocycles. The Balaban J connectivity index is 4.15. The molecular formula is C15H29NO3. The van der Waals surface area contributed by atoms with Gasteiger partial charge in [-0.05, 0) is 21.0 Å². The van der Waals surface area contributed by atoms with Crippen molar-refractivity contribution in [3.8, 4) is 0 Å². The van der Waals surface area contributed by atoms with Gasteiger partial charge in [-0.1, -0.05) is 24.6 Å². The zero-order chi connectivity index (χ0) is 14.8. The first-order valence-electron chi connectivity index (χ1n) is 6.65. The first-order chi connectivity index (χ1) is 8.92. The summed E-state index contributed by atoms with van der Waals surface area (Å²) in [5.41, 5.74) is 1.12. The molecule has 0 aromatic rings. The normalized spacial score (nSPS) is 17.3. The van der Waals surface area contributed by atoms with Gasteiger partial charge in [0, 0.05) is 19.6 Å². The van der Waals surface area contributed by atoms with E-state index in [0.29, 0.717) is 13.2 Å². The van der Waals surface area contributed by atoms with Crippen LogP contribution >= 0.6 is 0 Å². The van der Waals surface area contributed by atoms with Gasteiger partial charge in [-0.25, -0.2) is 0 Å². The van der Waals surface area contributed by atoms with Crippen molar-refractivity contribution < 1.29 is 14.6 Å². The summed E-state index contributed by atoms with van der Waals surface area (Å²) in [5.74, 6) is 0.000369. The Hall–Kier alpha value is -0.680. The van der Waals surface area contributed by atoms with Gasteiger partial charge in [0.15, 0.2) is 0 Å². The standard InChI is InChI=1S/C15H29NO3/c1-7-14(18-6)15(17)13(3)10-12(2)11-19-9-8-16(4)5/h7,10,13-15,17H,1,8-9,11H2,2-6H3/b12-10-/t13-,14+,15+/m1/s1. The third-order valence-electron chi connectivity index (χ3n) is 2.94. The fourth-order valence-electron chi connectivity index (χ4n) is 1.75. The Bertz CT molecular complexity index is 277. The van der Waals surface area contributed by atoms with Crippen molar-refractivity contribution in [3.63, 3.8) is 0 Å². The molecule has 0 unspecified atom stereocenters. The number of methoxy groups -OCH3 is 1. The van der Waals surface area contributed by atoms with Gasteiger partial charge in [0.1, 0.15) is 6.10 Å². The summed E-state index contributed by atoms with van der Waals surface area (Å²) in [4.78, 5) is 2.08. The highest BCUT2D eigenvalue weighted by Crippen LogP contribution is 2.14. The number of hydrogen-bond donors (Lipinski definition) is 1.